The van der Waals surface area contributed by atoms with Crippen LogP contribution in [0.15, 0.2) is 52.6 Å². The predicted octanol–water partition coefficient (Wildman–Crippen LogP) is 5.10. The van der Waals surface area contributed by atoms with Gasteiger partial charge in [0.1, 0.15) is 11.9 Å². The number of nitrogens with zero attached hydrogens (tertiary/aromatic N) is 2. The van der Waals surface area contributed by atoms with E-state index in [0.29, 0.717) is 5.02 Å². The largest absolute Gasteiger partial charge is 0.370 e. The third-order valence-electron chi connectivity index (χ3n) is 3.20. The maximum Gasteiger partial charge on any atom is 0.136 e. The summed E-state index contributed by atoms with van der Waals surface area (Å²) in [5.74, 6) is 0.962. The molecule has 0 aliphatic carbocycles. The molecule has 0 radical (unpaired) electrons. The van der Waals surface area contributed by atoms with Crippen molar-refractivity contribution in [1.29, 1.82) is 0 Å². The standard InChI is InChI=1S/C15H13BrClN3S/c1-20-8-7-18-15(20)14(12-6-3-9-21-12)19-11-5-2-4-10(17)13(11)16/h2-9,14,19H,1H3. The van der Waals surface area contributed by atoms with Crippen molar-refractivity contribution in [2.45, 2.75) is 6.04 Å². The summed E-state index contributed by atoms with van der Waals surface area (Å²) in [4.78, 5) is 5.68. The monoisotopic (exact) mass is 381 g/mol. The van der Waals surface area contributed by atoms with Gasteiger partial charge in [0.25, 0.3) is 0 Å². The Hall–Kier alpha value is -1.30. The first-order valence-corrected chi connectivity index (χ1v) is 8.43. The molecule has 0 saturated heterocycles. The quantitative estimate of drug-likeness (QED) is 0.680. The van der Waals surface area contributed by atoms with E-state index in [1.54, 1.807) is 11.3 Å². The van der Waals surface area contributed by atoms with Crippen LogP contribution >= 0.6 is 38.9 Å². The molecule has 0 bridgehead atoms. The molecule has 3 rings (SSSR count). The highest BCUT2D eigenvalue weighted by Crippen LogP contribution is 2.35. The average Bonchev–Trinajstić information content (AvgIpc) is 3.12. The van der Waals surface area contributed by atoms with Crippen LogP contribution < -0.4 is 5.32 Å². The summed E-state index contributed by atoms with van der Waals surface area (Å²) < 4.78 is 2.89. The van der Waals surface area contributed by atoms with Gasteiger partial charge in [-0.15, -0.1) is 11.3 Å². The van der Waals surface area contributed by atoms with E-state index in [2.05, 4.69) is 37.7 Å². The summed E-state index contributed by atoms with van der Waals surface area (Å²) in [6.07, 6.45) is 3.76. The van der Waals surface area contributed by atoms with E-state index in [9.17, 15) is 0 Å². The summed E-state index contributed by atoms with van der Waals surface area (Å²) in [5.41, 5.74) is 0.948. The topological polar surface area (TPSA) is 29.9 Å². The molecule has 0 spiro atoms. The number of aryl methyl sites for hydroxylation is 1. The molecular formula is C15H13BrClN3S. The molecule has 2 aromatic heterocycles. The Morgan fingerprint density at radius 3 is 2.86 bits per heavy atom. The SMILES string of the molecule is Cn1ccnc1C(Nc1cccc(Cl)c1Br)c1cccs1. The molecule has 3 aromatic rings. The number of nitrogens with one attached hydrogen (secondary N) is 1. The molecule has 108 valence electrons. The second kappa shape index (κ2) is 6.22. The second-order valence-corrected chi connectivity index (χ2v) is 6.77. The lowest BCUT2D eigenvalue weighted by Gasteiger charge is -2.20. The number of hydrogen-bond acceptors (Lipinski definition) is 3. The van der Waals surface area contributed by atoms with E-state index in [4.69, 9.17) is 11.6 Å². The van der Waals surface area contributed by atoms with Gasteiger partial charge in [-0.3, -0.25) is 0 Å². The van der Waals surface area contributed by atoms with Crippen molar-refractivity contribution in [3.8, 4) is 0 Å². The molecule has 1 N–H and O–H groups in total. The Bertz CT molecular complexity index is 739. The number of halogens is 2. The Balaban J connectivity index is 2.01. The van der Waals surface area contributed by atoms with Crippen LogP contribution in [0.5, 0.6) is 0 Å². The van der Waals surface area contributed by atoms with Crippen LogP contribution in [-0.4, -0.2) is 9.55 Å². The molecule has 1 unspecified atom stereocenters. The lowest BCUT2D eigenvalue weighted by Crippen LogP contribution is -2.16. The maximum atomic E-state index is 6.17. The number of thiophene rings is 1. The van der Waals surface area contributed by atoms with Gasteiger partial charge in [-0.05, 0) is 39.5 Å². The van der Waals surface area contributed by atoms with Crippen molar-refractivity contribution in [2.75, 3.05) is 5.32 Å². The van der Waals surface area contributed by atoms with E-state index in [-0.39, 0.29) is 6.04 Å². The lowest BCUT2D eigenvalue weighted by molar-refractivity contribution is 0.756. The number of hydrogen-bond donors (Lipinski definition) is 1. The van der Waals surface area contributed by atoms with Crippen LogP contribution in [0.1, 0.15) is 16.7 Å². The summed E-state index contributed by atoms with van der Waals surface area (Å²) in [5, 5.41) is 6.28. The fraction of sp³-hybridized carbons (Fsp3) is 0.133. The van der Waals surface area contributed by atoms with E-state index in [1.807, 2.05) is 48.3 Å². The van der Waals surface area contributed by atoms with Gasteiger partial charge < -0.3 is 9.88 Å². The molecule has 1 aromatic carbocycles. The van der Waals surface area contributed by atoms with Gasteiger partial charge in [0.2, 0.25) is 0 Å². The molecule has 0 aliphatic heterocycles. The van der Waals surface area contributed by atoms with E-state index >= 15 is 0 Å². The van der Waals surface area contributed by atoms with Gasteiger partial charge in [-0.1, -0.05) is 23.7 Å². The molecule has 0 fully saturated rings. The van der Waals surface area contributed by atoms with Crippen LogP contribution in [-0.2, 0) is 7.05 Å². The molecule has 1 atom stereocenters. The van der Waals surface area contributed by atoms with Crippen LogP contribution in [0.2, 0.25) is 5.02 Å². The van der Waals surface area contributed by atoms with Crippen LogP contribution in [0.3, 0.4) is 0 Å². The smallest absolute Gasteiger partial charge is 0.136 e. The zero-order valence-corrected chi connectivity index (χ0v) is 14.4. The van der Waals surface area contributed by atoms with Crippen LogP contribution in [0.25, 0.3) is 0 Å². The highest BCUT2D eigenvalue weighted by molar-refractivity contribution is 9.10. The molecule has 0 saturated carbocycles. The Kier molecular flexibility index (Phi) is 4.33. The summed E-state index contributed by atoms with van der Waals surface area (Å²) >= 11 is 11.4. The highest BCUT2D eigenvalue weighted by Gasteiger charge is 2.20. The number of aromatic nitrogens is 2. The van der Waals surface area contributed by atoms with Gasteiger partial charge in [0.15, 0.2) is 0 Å². The van der Waals surface area contributed by atoms with Crippen molar-refractivity contribution in [2.24, 2.45) is 7.05 Å². The van der Waals surface area contributed by atoms with Crippen LogP contribution in [0.4, 0.5) is 5.69 Å². The maximum absolute atomic E-state index is 6.17. The van der Waals surface area contributed by atoms with Crippen molar-refractivity contribution in [3.05, 3.63) is 68.3 Å². The number of rotatable bonds is 4. The van der Waals surface area contributed by atoms with Gasteiger partial charge in [-0.25, -0.2) is 4.98 Å². The van der Waals surface area contributed by atoms with Crippen molar-refractivity contribution in [1.82, 2.24) is 9.55 Å². The van der Waals surface area contributed by atoms with Gasteiger partial charge >= 0.3 is 0 Å². The van der Waals surface area contributed by atoms with E-state index in [1.165, 1.54) is 4.88 Å². The van der Waals surface area contributed by atoms with Gasteiger partial charge in [-0.2, -0.15) is 0 Å². The van der Waals surface area contributed by atoms with Crippen molar-refractivity contribution >= 4 is 44.6 Å². The summed E-state index contributed by atoms with van der Waals surface area (Å²) in [6.45, 7) is 0. The van der Waals surface area contributed by atoms with E-state index in [0.717, 1.165) is 16.0 Å². The summed E-state index contributed by atoms with van der Waals surface area (Å²) in [6, 6.07) is 9.93. The highest BCUT2D eigenvalue weighted by atomic mass is 79.9. The average molecular weight is 383 g/mol. The fourth-order valence-corrected chi connectivity index (χ4v) is 3.47. The third kappa shape index (κ3) is 3.00. The normalized spacial score (nSPS) is 12.3. The molecular weight excluding hydrogens is 370 g/mol. The van der Waals surface area contributed by atoms with E-state index < -0.39 is 0 Å². The lowest BCUT2D eigenvalue weighted by atomic mass is 10.2. The number of benzene rings is 1. The second-order valence-electron chi connectivity index (χ2n) is 4.59. The number of imidazole rings is 1. The molecule has 21 heavy (non-hydrogen) atoms. The predicted molar refractivity (Wildman–Crippen MR) is 92.1 cm³/mol. The minimum atomic E-state index is -0.0141. The Labute approximate surface area is 140 Å². The molecule has 0 aliphatic rings. The first kappa shape index (κ1) is 14.6. The first-order valence-electron chi connectivity index (χ1n) is 6.38. The Morgan fingerprint density at radius 1 is 1.33 bits per heavy atom. The Morgan fingerprint density at radius 2 is 2.19 bits per heavy atom. The zero-order valence-electron chi connectivity index (χ0n) is 11.3. The zero-order chi connectivity index (χ0) is 14.8. The van der Waals surface area contributed by atoms with Crippen molar-refractivity contribution < 1.29 is 0 Å². The third-order valence-corrected chi connectivity index (χ3v) is 5.53. The van der Waals surface area contributed by atoms with Gasteiger partial charge in [0, 0.05) is 24.3 Å². The fourth-order valence-electron chi connectivity index (χ4n) is 2.14. The molecule has 2 heterocycles. The van der Waals surface area contributed by atoms with Crippen molar-refractivity contribution in [3.63, 3.8) is 0 Å². The van der Waals surface area contributed by atoms with Gasteiger partial charge in [0.05, 0.1) is 15.2 Å². The summed E-state index contributed by atoms with van der Waals surface area (Å²) in [7, 11) is 2.00. The number of anilines is 1. The minimum Gasteiger partial charge on any atom is -0.370 e. The molecule has 3 nitrogen and oxygen atoms in total. The molecule has 6 heteroatoms. The molecule has 0 amide bonds. The minimum absolute atomic E-state index is 0.0141. The first-order chi connectivity index (χ1) is 10.2. The van der Waals surface area contributed by atoms with Crippen LogP contribution in [0, 0.1) is 0 Å².